The third-order valence-corrected chi connectivity index (χ3v) is 8.08. The minimum absolute atomic E-state index is 0.133. The first kappa shape index (κ1) is 25.5. The Labute approximate surface area is 207 Å². The molecule has 4 saturated carbocycles. The molecule has 0 radical (unpaired) electrons. The molecule has 2 amide bonds. The largest absolute Gasteiger partial charge is 0.480 e. The van der Waals surface area contributed by atoms with E-state index in [4.69, 9.17) is 9.84 Å². The van der Waals surface area contributed by atoms with E-state index in [2.05, 4.69) is 15.7 Å². The summed E-state index contributed by atoms with van der Waals surface area (Å²) in [6.45, 7) is 8.03. The van der Waals surface area contributed by atoms with E-state index in [-0.39, 0.29) is 23.8 Å². The van der Waals surface area contributed by atoms with Crippen LogP contribution in [0.15, 0.2) is 6.20 Å². The van der Waals surface area contributed by atoms with Gasteiger partial charge in [-0.25, -0.2) is 4.68 Å². The van der Waals surface area contributed by atoms with Crippen molar-refractivity contribution in [2.24, 2.45) is 35.0 Å². The maximum atomic E-state index is 13.4. The van der Waals surface area contributed by atoms with E-state index >= 15 is 0 Å². The van der Waals surface area contributed by atoms with Crippen molar-refractivity contribution in [3.8, 4) is 5.88 Å². The first-order chi connectivity index (χ1) is 16.5. The molecule has 4 bridgehead atoms. The number of amides is 2. The molecule has 35 heavy (non-hydrogen) atoms. The van der Waals surface area contributed by atoms with Gasteiger partial charge in [0.25, 0.3) is 5.91 Å². The number of carboxylic acid groups (broad SMARTS) is 1. The number of aryl methyl sites for hydroxylation is 1. The molecule has 4 fully saturated rings. The van der Waals surface area contributed by atoms with E-state index in [1.54, 1.807) is 24.7 Å². The molecule has 1 heterocycles. The van der Waals surface area contributed by atoms with Gasteiger partial charge in [-0.05, 0) is 68.1 Å². The molecule has 4 aliphatic carbocycles. The topological polar surface area (TPSA) is 123 Å². The zero-order valence-corrected chi connectivity index (χ0v) is 21.4. The van der Waals surface area contributed by atoms with Gasteiger partial charge in [0.15, 0.2) is 0 Å². The first-order valence-corrected chi connectivity index (χ1v) is 13.0. The predicted molar refractivity (Wildman–Crippen MR) is 130 cm³/mol. The van der Waals surface area contributed by atoms with Gasteiger partial charge in [-0.15, -0.1) is 0 Å². The molecule has 0 atom stereocenters. The molecule has 9 nitrogen and oxygen atoms in total. The van der Waals surface area contributed by atoms with E-state index in [0.717, 1.165) is 11.8 Å². The third kappa shape index (κ3) is 5.81. The Hall–Kier alpha value is -2.58. The molecule has 194 valence electrons. The van der Waals surface area contributed by atoms with Gasteiger partial charge in [-0.3, -0.25) is 14.4 Å². The van der Waals surface area contributed by atoms with Crippen molar-refractivity contribution in [2.45, 2.75) is 78.8 Å². The Morgan fingerprint density at radius 1 is 1.14 bits per heavy atom. The molecule has 0 spiro atoms. The molecule has 0 saturated heterocycles. The van der Waals surface area contributed by atoms with Crippen molar-refractivity contribution in [3.63, 3.8) is 0 Å². The molecule has 1 aromatic rings. The maximum Gasteiger partial charge on any atom is 0.322 e. The number of nitrogens with one attached hydrogen (secondary N) is 2. The van der Waals surface area contributed by atoms with Gasteiger partial charge in [0.05, 0.1) is 12.8 Å². The number of aromatic nitrogens is 2. The third-order valence-electron chi connectivity index (χ3n) is 8.08. The molecule has 4 aliphatic rings. The molecular weight excluding hydrogens is 448 g/mol. The molecule has 1 aromatic heterocycles. The molecule has 3 N–H and O–H groups in total. The van der Waals surface area contributed by atoms with Crippen molar-refractivity contribution in [1.29, 1.82) is 0 Å². The normalized spacial score (nSPS) is 27.2. The van der Waals surface area contributed by atoms with E-state index in [0.29, 0.717) is 42.9 Å². The summed E-state index contributed by atoms with van der Waals surface area (Å²) in [5.41, 5.74) is -0.368. The van der Waals surface area contributed by atoms with Crippen LogP contribution in [0, 0.1) is 35.0 Å². The van der Waals surface area contributed by atoms with Crippen LogP contribution in [0.3, 0.4) is 0 Å². The summed E-state index contributed by atoms with van der Waals surface area (Å²) >= 11 is 0. The lowest BCUT2D eigenvalue weighted by Crippen LogP contribution is -2.55. The summed E-state index contributed by atoms with van der Waals surface area (Å²) in [4.78, 5) is 36.6. The standard InChI is InChI=1S/C26H40N4O5/c1-15(2)14-35-24-20(12-28-30(24)6-5-26(3,4)25(34)27-13-21(31)32)23(33)29-22-18-8-16-7-17(10-18)11-19(22)9-16/h12,15-19,22H,5-11,13-14H2,1-4H3,(H,27,34)(H,29,33)(H,31,32). The molecule has 5 rings (SSSR count). The van der Waals surface area contributed by atoms with Crippen LogP contribution in [-0.4, -0.2) is 51.9 Å². The monoisotopic (exact) mass is 488 g/mol. The van der Waals surface area contributed by atoms with E-state index in [9.17, 15) is 14.4 Å². The number of hydrogen-bond acceptors (Lipinski definition) is 5. The summed E-state index contributed by atoms with van der Waals surface area (Å²) < 4.78 is 7.72. The van der Waals surface area contributed by atoms with Crippen molar-refractivity contribution >= 4 is 17.8 Å². The van der Waals surface area contributed by atoms with Gasteiger partial charge in [0, 0.05) is 18.0 Å². The fraction of sp³-hybridized carbons (Fsp3) is 0.769. The molecule has 0 unspecified atom stereocenters. The minimum atomic E-state index is -1.08. The second kappa shape index (κ2) is 10.2. The number of carboxylic acids is 1. The Bertz CT molecular complexity index is 926. The van der Waals surface area contributed by atoms with Gasteiger partial charge in [0.2, 0.25) is 11.8 Å². The quantitative estimate of drug-likeness (QED) is 0.440. The van der Waals surface area contributed by atoms with Crippen LogP contribution < -0.4 is 15.4 Å². The average Bonchev–Trinajstić information content (AvgIpc) is 3.19. The summed E-state index contributed by atoms with van der Waals surface area (Å²) in [5, 5.41) is 19.1. The van der Waals surface area contributed by atoms with Crippen molar-refractivity contribution in [1.82, 2.24) is 20.4 Å². The summed E-state index contributed by atoms with van der Waals surface area (Å²) in [6.07, 6.45) is 8.27. The number of rotatable bonds is 11. The van der Waals surface area contributed by atoms with Crippen LogP contribution in [0.5, 0.6) is 5.88 Å². The Morgan fingerprint density at radius 2 is 1.77 bits per heavy atom. The number of carbonyl (C=O) groups is 3. The lowest BCUT2D eigenvalue weighted by atomic mass is 9.54. The van der Waals surface area contributed by atoms with Crippen LogP contribution in [0.4, 0.5) is 0 Å². The molecule has 0 aliphatic heterocycles. The van der Waals surface area contributed by atoms with Crippen LogP contribution in [0.25, 0.3) is 0 Å². The second-order valence-electron chi connectivity index (χ2n) is 11.9. The summed E-state index contributed by atoms with van der Waals surface area (Å²) in [6, 6.07) is 0.230. The zero-order valence-electron chi connectivity index (χ0n) is 21.4. The van der Waals surface area contributed by atoms with Gasteiger partial charge in [0.1, 0.15) is 12.1 Å². The first-order valence-electron chi connectivity index (χ1n) is 13.0. The SMILES string of the molecule is CC(C)COc1c(C(=O)NC2C3CC4CC(C3)CC2C4)cnn1CCC(C)(C)C(=O)NCC(=O)O. The predicted octanol–water partition coefficient (Wildman–Crippen LogP) is 3.09. The van der Waals surface area contributed by atoms with Crippen LogP contribution >= 0.6 is 0 Å². The van der Waals surface area contributed by atoms with Crippen molar-refractivity contribution < 1.29 is 24.2 Å². The minimum Gasteiger partial charge on any atom is -0.480 e. The molecule has 0 aromatic carbocycles. The fourth-order valence-electron chi connectivity index (χ4n) is 6.37. The maximum absolute atomic E-state index is 13.4. The highest BCUT2D eigenvalue weighted by Gasteiger charge is 2.48. The zero-order chi connectivity index (χ0) is 25.3. The van der Waals surface area contributed by atoms with Crippen molar-refractivity contribution in [2.75, 3.05) is 13.2 Å². The summed E-state index contributed by atoms with van der Waals surface area (Å²) in [7, 11) is 0. The number of aliphatic carboxylic acids is 1. The summed E-state index contributed by atoms with van der Waals surface area (Å²) in [5.74, 6) is 2.00. The molecular formula is C26H40N4O5. The Balaban J connectivity index is 1.45. The van der Waals surface area contributed by atoms with Gasteiger partial charge < -0.3 is 20.5 Å². The highest BCUT2D eigenvalue weighted by molar-refractivity contribution is 5.96. The van der Waals surface area contributed by atoms with Crippen molar-refractivity contribution in [3.05, 3.63) is 11.8 Å². The average molecular weight is 489 g/mol. The highest BCUT2D eigenvalue weighted by Crippen LogP contribution is 2.53. The number of ether oxygens (including phenoxy) is 1. The van der Waals surface area contributed by atoms with E-state index < -0.39 is 17.9 Å². The Morgan fingerprint density at radius 3 is 2.34 bits per heavy atom. The smallest absolute Gasteiger partial charge is 0.322 e. The fourth-order valence-corrected chi connectivity index (χ4v) is 6.37. The van der Waals surface area contributed by atoms with E-state index in [1.807, 2.05) is 13.8 Å². The number of nitrogens with zero attached hydrogens (tertiary/aromatic N) is 2. The van der Waals surface area contributed by atoms with Gasteiger partial charge in [-0.2, -0.15) is 5.10 Å². The van der Waals surface area contributed by atoms with Crippen LogP contribution in [0.2, 0.25) is 0 Å². The van der Waals surface area contributed by atoms with E-state index in [1.165, 1.54) is 32.1 Å². The lowest BCUT2D eigenvalue weighted by Gasteiger charge is -2.54. The number of hydrogen-bond donors (Lipinski definition) is 3. The van der Waals surface area contributed by atoms with Crippen LogP contribution in [-0.2, 0) is 16.1 Å². The second-order valence-corrected chi connectivity index (χ2v) is 11.9. The number of carbonyl (C=O) groups excluding carboxylic acids is 2. The highest BCUT2D eigenvalue weighted by atomic mass is 16.5. The van der Waals surface area contributed by atoms with Gasteiger partial charge >= 0.3 is 5.97 Å². The molecule has 9 heteroatoms. The van der Waals surface area contributed by atoms with Gasteiger partial charge in [-0.1, -0.05) is 27.7 Å². The van der Waals surface area contributed by atoms with Crippen LogP contribution in [0.1, 0.15) is 76.6 Å². The Kier molecular flexibility index (Phi) is 7.43. The lowest BCUT2D eigenvalue weighted by molar-refractivity contribution is -0.139.